The minimum absolute atomic E-state index is 0.161. The highest BCUT2D eigenvalue weighted by atomic mass is 19.4. The Kier molecular flexibility index (Phi) is 5.40. The maximum atomic E-state index is 12.6. The summed E-state index contributed by atoms with van der Waals surface area (Å²) in [6.07, 6.45) is -2.63. The molecule has 0 spiro atoms. The van der Waals surface area contributed by atoms with Crippen LogP contribution in [0.5, 0.6) is 0 Å². The van der Waals surface area contributed by atoms with Gasteiger partial charge in [-0.1, -0.05) is 30.3 Å². The maximum Gasteiger partial charge on any atom is 0.416 e. The molecule has 27 heavy (non-hydrogen) atoms. The second kappa shape index (κ2) is 7.90. The molecule has 4 nitrogen and oxygen atoms in total. The lowest BCUT2D eigenvalue weighted by Gasteiger charge is -2.10. The SMILES string of the molecule is O=C(Cc1ccccc1)Nc1ccc(Nc2ccc(C(F)(F)F)cc2)nc1. The standard InChI is InChI=1S/C20H16F3N3O/c21-20(22,23)15-6-8-16(9-7-15)25-18-11-10-17(13-24-18)26-19(27)12-14-4-2-1-3-5-14/h1-11,13H,12H2,(H,24,25)(H,26,27). The van der Waals surface area contributed by atoms with Gasteiger partial charge in [-0.15, -0.1) is 0 Å². The molecule has 1 amide bonds. The van der Waals surface area contributed by atoms with Crippen LogP contribution in [0.2, 0.25) is 0 Å². The van der Waals surface area contributed by atoms with Gasteiger partial charge in [-0.3, -0.25) is 4.79 Å². The van der Waals surface area contributed by atoms with Crippen molar-refractivity contribution in [3.63, 3.8) is 0 Å². The van der Waals surface area contributed by atoms with E-state index in [2.05, 4.69) is 15.6 Å². The van der Waals surface area contributed by atoms with E-state index in [0.717, 1.165) is 17.7 Å². The Hall–Kier alpha value is -3.35. The number of alkyl halides is 3. The van der Waals surface area contributed by atoms with Crippen LogP contribution in [0.25, 0.3) is 0 Å². The number of pyridine rings is 1. The van der Waals surface area contributed by atoms with E-state index in [1.54, 1.807) is 12.1 Å². The lowest BCUT2D eigenvalue weighted by molar-refractivity contribution is -0.137. The molecule has 0 aliphatic heterocycles. The van der Waals surface area contributed by atoms with E-state index in [9.17, 15) is 18.0 Å². The number of anilines is 3. The van der Waals surface area contributed by atoms with Crippen molar-refractivity contribution in [1.29, 1.82) is 0 Å². The first-order chi connectivity index (χ1) is 12.9. The highest BCUT2D eigenvalue weighted by Crippen LogP contribution is 2.30. The molecule has 0 aliphatic rings. The van der Waals surface area contributed by atoms with E-state index >= 15 is 0 Å². The molecular formula is C20H16F3N3O. The first-order valence-electron chi connectivity index (χ1n) is 8.14. The van der Waals surface area contributed by atoms with Crippen molar-refractivity contribution in [1.82, 2.24) is 4.98 Å². The number of nitrogens with one attached hydrogen (secondary N) is 2. The largest absolute Gasteiger partial charge is 0.416 e. The topological polar surface area (TPSA) is 54.0 Å². The number of nitrogens with zero attached hydrogens (tertiary/aromatic N) is 1. The Bertz CT molecular complexity index is 893. The van der Waals surface area contributed by atoms with Gasteiger partial charge in [0.1, 0.15) is 5.82 Å². The van der Waals surface area contributed by atoms with E-state index in [-0.39, 0.29) is 12.3 Å². The number of amides is 1. The molecule has 2 N–H and O–H groups in total. The lowest BCUT2D eigenvalue weighted by atomic mass is 10.1. The second-order valence-corrected chi connectivity index (χ2v) is 5.84. The minimum Gasteiger partial charge on any atom is -0.340 e. The molecule has 0 fully saturated rings. The quantitative estimate of drug-likeness (QED) is 0.662. The fourth-order valence-corrected chi connectivity index (χ4v) is 2.42. The van der Waals surface area contributed by atoms with Gasteiger partial charge in [-0.2, -0.15) is 13.2 Å². The van der Waals surface area contributed by atoms with Crippen LogP contribution in [-0.2, 0) is 17.4 Å². The molecule has 1 aromatic heterocycles. The Morgan fingerprint density at radius 2 is 1.56 bits per heavy atom. The predicted molar refractivity (Wildman–Crippen MR) is 97.7 cm³/mol. The summed E-state index contributed by atoms with van der Waals surface area (Å²) in [5.74, 6) is 0.294. The molecule has 0 radical (unpaired) electrons. The zero-order valence-corrected chi connectivity index (χ0v) is 14.1. The van der Waals surface area contributed by atoms with Crippen molar-refractivity contribution in [3.05, 3.63) is 84.1 Å². The Morgan fingerprint density at radius 1 is 0.889 bits per heavy atom. The molecule has 2 aromatic carbocycles. The minimum atomic E-state index is -4.36. The van der Waals surface area contributed by atoms with E-state index in [4.69, 9.17) is 0 Å². The summed E-state index contributed by atoms with van der Waals surface area (Å²) >= 11 is 0. The third kappa shape index (κ3) is 5.31. The summed E-state index contributed by atoms with van der Waals surface area (Å²) in [5.41, 5.74) is 1.21. The summed E-state index contributed by atoms with van der Waals surface area (Å²) in [4.78, 5) is 16.2. The van der Waals surface area contributed by atoms with Gasteiger partial charge in [0.25, 0.3) is 0 Å². The molecule has 0 saturated carbocycles. The normalized spacial score (nSPS) is 11.1. The van der Waals surface area contributed by atoms with Gasteiger partial charge in [0.05, 0.1) is 23.9 Å². The molecule has 0 atom stereocenters. The smallest absolute Gasteiger partial charge is 0.340 e. The molecule has 0 unspecified atom stereocenters. The van der Waals surface area contributed by atoms with Gasteiger partial charge < -0.3 is 10.6 Å². The molecule has 7 heteroatoms. The Balaban J connectivity index is 1.58. The zero-order valence-electron chi connectivity index (χ0n) is 14.1. The Labute approximate surface area is 154 Å². The third-order valence-electron chi connectivity index (χ3n) is 3.74. The van der Waals surface area contributed by atoms with Crippen LogP contribution >= 0.6 is 0 Å². The average Bonchev–Trinajstić information content (AvgIpc) is 2.64. The number of benzene rings is 2. The molecular weight excluding hydrogens is 355 g/mol. The van der Waals surface area contributed by atoms with E-state index in [1.165, 1.54) is 18.3 Å². The van der Waals surface area contributed by atoms with Gasteiger partial charge in [0, 0.05) is 5.69 Å². The number of hydrogen-bond acceptors (Lipinski definition) is 3. The molecule has 0 aliphatic carbocycles. The van der Waals surface area contributed by atoms with Crippen molar-refractivity contribution < 1.29 is 18.0 Å². The van der Waals surface area contributed by atoms with Crippen LogP contribution in [0.15, 0.2) is 72.9 Å². The summed E-state index contributed by atoms with van der Waals surface area (Å²) in [6.45, 7) is 0. The number of hydrogen-bond donors (Lipinski definition) is 2. The second-order valence-electron chi connectivity index (χ2n) is 5.84. The summed E-state index contributed by atoms with van der Waals surface area (Å²) in [6, 6.07) is 17.3. The van der Waals surface area contributed by atoms with Crippen LogP contribution in [0.4, 0.5) is 30.4 Å². The van der Waals surface area contributed by atoms with Crippen LogP contribution in [-0.4, -0.2) is 10.9 Å². The van der Waals surface area contributed by atoms with E-state index in [1.807, 2.05) is 30.3 Å². The van der Waals surface area contributed by atoms with Crippen molar-refractivity contribution in [2.75, 3.05) is 10.6 Å². The van der Waals surface area contributed by atoms with Crippen molar-refractivity contribution in [3.8, 4) is 0 Å². The maximum absolute atomic E-state index is 12.6. The van der Waals surface area contributed by atoms with Crippen molar-refractivity contribution in [2.45, 2.75) is 12.6 Å². The van der Waals surface area contributed by atoms with Crippen molar-refractivity contribution >= 4 is 23.1 Å². The summed E-state index contributed by atoms with van der Waals surface area (Å²) in [5, 5.41) is 5.66. The number of carbonyl (C=O) groups is 1. The number of aromatic nitrogens is 1. The average molecular weight is 371 g/mol. The molecule has 0 saturated heterocycles. The summed E-state index contributed by atoms with van der Waals surface area (Å²) in [7, 11) is 0. The van der Waals surface area contributed by atoms with Gasteiger partial charge in [0.2, 0.25) is 5.91 Å². The van der Waals surface area contributed by atoms with Crippen LogP contribution in [0.1, 0.15) is 11.1 Å². The molecule has 0 bridgehead atoms. The first kappa shape index (κ1) is 18.4. The fraction of sp³-hybridized carbons (Fsp3) is 0.100. The monoisotopic (exact) mass is 371 g/mol. The molecule has 138 valence electrons. The Morgan fingerprint density at radius 3 is 2.15 bits per heavy atom. The van der Waals surface area contributed by atoms with Gasteiger partial charge in [0.15, 0.2) is 0 Å². The van der Waals surface area contributed by atoms with Gasteiger partial charge in [-0.05, 0) is 42.0 Å². The molecule has 1 heterocycles. The number of rotatable bonds is 5. The molecule has 3 rings (SSSR count). The number of carbonyl (C=O) groups excluding carboxylic acids is 1. The van der Waals surface area contributed by atoms with Crippen molar-refractivity contribution in [2.24, 2.45) is 0 Å². The first-order valence-corrected chi connectivity index (χ1v) is 8.14. The van der Waals surface area contributed by atoms with Crippen LogP contribution in [0, 0.1) is 0 Å². The van der Waals surface area contributed by atoms with Gasteiger partial charge >= 0.3 is 6.18 Å². The lowest BCUT2D eigenvalue weighted by Crippen LogP contribution is -2.14. The summed E-state index contributed by atoms with van der Waals surface area (Å²) < 4.78 is 37.7. The van der Waals surface area contributed by atoms with E-state index in [0.29, 0.717) is 17.2 Å². The molecule has 3 aromatic rings. The van der Waals surface area contributed by atoms with E-state index < -0.39 is 11.7 Å². The number of halogens is 3. The van der Waals surface area contributed by atoms with Crippen LogP contribution < -0.4 is 10.6 Å². The predicted octanol–water partition coefficient (Wildman–Crippen LogP) is 5.03. The van der Waals surface area contributed by atoms with Gasteiger partial charge in [-0.25, -0.2) is 4.98 Å². The fourth-order valence-electron chi connectivity index (χ4n) is 2.42. The third-order valence-corrected chi connectivity index (χ3v) is 3.74. The highest BCUT2D eigenvalue weighted by molar-refractivity contribution is 5.92. The van der Waals surface area contributed by atoms with Crippen LogP contribution in [0.3, 0.4) is 0 Å². The zero-order chi connectivity index (χ0) is 19.3. The highest BCUT2D eigenvalue weighted by Gasteiger charge is 2.29.